The van der Waals surface area contributed by atoms with Crippen molar-refractivity contribution in [3.8, 4) is 22.9 Å². The van der Waals surface area contributed by atoms with Crippen LogP contribution >= 0.6 is 48.8 Å². The molecule has 2 heterocycles. The van der Waals surface area contributed by atoms with E-state index in [0.717, 1.165) is 33.3 Å². The molecule has 0 aliphatic heterocycles. The maximum absolute atomic E-state index is 7.58. The number of aromatic nitrogens is 3. The van der Waals surface area contributed by atoms with Gasteiger partial charge in [0.05, 0.1) is 16.6 Å². The number of halogens is 4. The van der Waals surface area contributed by atoms with Gasteiger partial charge in [-0.15, -0.1) is 37.2 Å². The molecule has 0 fully saturated rings. The molecule has 0 saturated carbocycles. The van der Waals surface area contributed by atoms with Gasteiger partial charge in [0.15, 0.2) is 0 Å². The fourth-order valence-corrected chi connectivity index (χ4v) is 3.47. The molecular weight excluding hydrogens is 504 g/mol. The van der Waals surface area contributed by atoms with Gasteiger partial charge in [-0.2, -0.15) is 0 Å². The molecule has 4 N–H and O–H groups in total. The molecule has 2 aromatic heterocycles. The van der Waals surface area contributed by atoms with Crippen molar-refractivity contribution in [2.45, 2.75) is 0 Å². The van der Waals surface area contributed by atoms with Crippen LogP contribution in [-0.2, 0) is 0 Å². The first-order valence-electron chi connectivity index (χ1n) is 9.23. The Kier molecular flexibility index (Phi) is 8.52. The number of nitrogens with zero attached hydrogens (tertiary/aromatic N) is 2. The number of pyridine rings is 1. The van der Waals surface area contributed by atoms with Crippen molar-refractivity contribution in [2.75, 3.05) is 0 Å². The van der Waals surface area contributed by atoms with E-state index in [1.54, 1.807) is 12.3 Å². The monoisotopic (exact) mass is 521 g/mol. The number of benzene rings is 3. The zero-order chi connectivity index (χ0) is 20.7. The van der Waals surface area contributed by atoms with Crippen LogP contribution < -0.4 is 10.5 Å². The first-order valence-corrected chi connectivity index (χ1v) is 9.61. The van der Waals surface area contributed by atoms with Crippen molar-refractivity contribution < 1.29 is 4.74 Å². The van der Waals surface area contributed by atoms with E-state index in [4.69, 9.17) is 27.5 Å². The average molecular weight is 523 g/mol. The number of hydrogen-bond donors (Lipinski definition) is 3. The van der Waals surface area contributed by atoms with Crippen LogP contribution in [0.25, 0.3) is 33.3 Å². The molecule has 0 unspecified atom stereocenters. The third-order valence-corrected chi connectivity index (χ3v) is 5.05. The van der Waals surface area contributed by atoms with Crippen molar-refractivity contribution in [1.82, 2.24) is 15.0 Å². The summed E-state index contributed by atoms with van der Waals surface area (Å²) >= 11 is 6.05. The van der Waals surface area contributed by atoms with Crippen LogP contribution in [0.1, 0.15) is 5.56 Å². The quantitative estimate of drug-likeness (QED) is 0.179. The Morgan fingerprint density at radius 1 is 0.909 bits per heavy atom. The number of rotatable bonds is 4. The molecule has 0 radical (unpaired) electrons. The Morgan fingerprint density at radius 3 is 2.39 bits per heavy atom. The van der Waals surface area contributed by atoms with Crippen LogP contribution in [0.4, 0.5) is 0 Å². The molecule has 0 amide bonds. The van der Waals surface area contributed by atoms with Crippen molar-refractivity contribution in [3.05, 3.63) is 83.5 Å². The van der Waals surface area contributed by atoms with Gasteiger partial charge in [0.1, 0.15) is 23.2 Å². The molecule has 6 nitrogen and oxygen atoms in total. The van der Waals surface area contributed by atoms with E-state index >= 15 is 0 Å². The van der Waals surface area contributed by atoms with Gasteiger partial charge in [0.25, 0.3) is 0 Å². The number of hydrogen-bond acceptors (Lipinski definition) is 4. The molecule has 10 heteroatoms. The zero-order valence-electron chi connectivity index (χ0n) is 16.9. The summed E-state index contributed by atoms with van der Waals surface area (Å²) < 4.78 is 6.07. The largest absolute Gasteiger partial charge is 0.457 e. The minimum absolute atomic E-state index is 0. The van der Waals surface area contributed by atoms with Gasteiger partial charge in [0, 0.05) is 27.7 Å². The van der Waals surface area contributed by atoms with Gasteiger partial charge in [-0.3, -0.25) is 10.4 Å². The number of ether oxygens (including phenoxy) is 1. The van der Waals surface area contributed by atoms with E-state index < -0.39 is 0 Å². The molecule has 0 bridgehead atoms. The summed E-state index contributed by atoms with van der Waals surface area (Å²) in [5, 5.41) is 9.11. The third kappa shape index (κ3) is 5.31. The number of nitrogen functional groups attached to an aromatic ring is 1. The molecule has 0 spiro atoms. The highest BCUT2D eigenvalue weighted by atomic mass is 35.5. The van der Waals surface area contributed by atoms with Gasteiger partial charge in [-0.05, 0) is 66.7 Å². The number of aromatic amines is 1. The Bertz CT molecular complexity index is 1420. The van der Waals surface area contributed by atoms with Crippen molar-refractivity contribution in [1.29, 1.82) is 5.41 Å². The topological polar surface area (TPSA) is 101 Å². The average Bonchev–Trinajstić information content (AvgIpc) is 3.17. The number of fused-ring (bicyclic) bond motifs is 2. The van der Waals surface area contributed by atoms with E-state index in [9.17, 15) is 0 Å². The number of nitrogens with one attached hydrogen (secondary N) is 2. The lowest BCUT2D eigenvalue weighted by atomic mass is 10.2. The van der Waals surface area contributed by atoms with Gasteiger partial charge >= 0.3 is 0 Å². The summed E-state index contributed by atoms with van der Waals surface area (Å²) in [4.78, 5) is 12.2. The molecule has 0 atom stereocenters. The van der Waals surface area contributed by atoms with Crippen LogP contribution in [0.2, 0.25) is 5.02 Å². The van der Waals surface area contributed by atoms with Crippen LogP contribution in [0, 0.1) is 5.41 Å². The molecule has 0 saturated heterocycles. The number of amidine groups is 1. The Labute approximate surface area is 213 Å². The second-order valence-corrected chi connectivity index (χ2v) is 7.26. The van der Waals surface area contributed by atoms with E-state index in [-0.39, 0.29) is 43.1 Å². The summed E-state index contributed by atoms with van der Waals surface area (Å²) in [5.74, 6) is 2.18. The number of H-pyrrole nitrogens is 1. The van der Waals surface area contributed by atoms with Crippen molar-refractivity contribution in [3.63, 3.8) is 0 Å². The Morgan fingerprint density at radius 2 is 1.67 bits per heavy atom. The van der Waals surface area contributed by atoms with E-state index in [2.05, 4.69) is 15.0 Å². The van der Waals surface area contributed by atoms with Crippen molar-refractivity contribution >= 4 is 76.6 Å². The van der Waals surface area contributed by atoms with E-state index in [1.165, 1.54) is 0 Å². The Balaban J connectivity index is 0.00000128. The summed E-state index contributed by atoms with van der Waals surface area (Å²) in [6.45, 7) is 0. The third-order valence-electron chi connectivity index (χ3n) is 4.81. The SMILES string of the molecule is Cl.Cl.Cl.N=C(N)c1ccc2nc(-c3ccc(Oc4ccnc5cc(Cl)ccc45)cc3)[nH]c2c1. The number of imidazole rings is 1. The highest BCUT2D eigenvalue weighted by Gasteiger charge is 2.09. The highest BCUT2D eigenvalue weighted by Crippen LogP contribution is 2.31. The van der Waals surface area contributed by atoms with E-state index in [0.29, 0.717) is 22.1 Å². The normalized spacial score (nSPS) is 10.1. The first-order chi connectivity index (χ1) is 14.6. The molecule has 0 aliphatic rings. The maximum atomic E-state index is 7.58. The lowest BCUT2D eigenvalue weighted by molar-refractivity contribution is 0.488. The second kappa shape index (κ2) is 10.7. The van der Waals surface area contributed by atoms with Crippen LogP contribution in [0.15, 0.2) is 72.9 Å². The fraction of sp³-hybridized carbons (Fsp3) is 0. The minimum Gasteiger partial charge on any atom is -0.457 e. The fourth-order valence-electron chi connectivity index (χ4n) is 3.31. The highest BCUT2D eigenvalue weighted by molar-refractivity contribution is 6.31. The van der Waals surface area contributed by atoms with Gasteiger partial charge in [-0.1, -0.05) is 11.6 Å². The summed E-state index contributed by atoms with van der Waals surface area (Å²) in [5.41, 5.74) is 9.59. The molecule has 5 rings (SSSR count). The summed E-state index contributed by atoms with van der Waals surface area (Å²) in [7, 11) is 0. The second-order valence-electron chi connectivity index (χ2n) is 6.83. The lowest BCUT2D eigenvalue weighted by Gasteiger charge is -2.09. The van der Waals surface area contributed by atoms with Crippen LogP contribution in [0.5, 0.6) is 11.5 Å². The van der Waals surface area contributed by atoms with Gasteiger partial charge in [0.2, 0.25) is 0 Å². The predicted octanol–water partition coefficient (Wildman–Crippen LogP) is 6.77. The standard InChI is InChI=1S/C23H16ClN5O.3ClH/c24-15-4-7-17-19(12-15)27-10-9-21(17)30-16-5-1-13(2-6-16)23-28-18-8-3-14(22(25)26)11-20(18)29-23;;;/h1-12H,(H3,25,26)(H,28,29);3*1H. The molecule has 5 aromatic rings. The molecular formula is C23H19Cl4N5O. The smallest absolute Gasteiger partial charge is 0.138 e. The van der Waals surface area contributed by atoms with Crippen molar-refractivity contribution in [2.24, 2.45) is 5.73 Å². The van der Waals surface area contributed by atoms with E-state index in [1.807, 2.05) is 60.7 Å². The number of nitrogens with two attached hydrogens (primary N) is 1. The first kappa shape index (κ1) is 26.2. The predicted molar refractivity (Wildman–Crippen MR) is 141 cm³/mol. The van der Waals surface area contributed by atoms with Crippen LogP contribution in [0.3, 0.4) is 0 Å². The lowest BCUT2D eigenvalue weighted by Crippen LogP contribution is -2.10. The van der Waals surface area contributed by atoms with Crippen LogP contribution in [-0.4, -0.2) is 20.8 Å². The molecule has 170 valence electrons. The minimum atomic E-state index is 0. The zero-order valence-corrected chi connectivity index (χ0v) is 20.1. The summed E-state index contributed by atoms with van der Waals surface area (Å²) in [6, 6.07) is 20.5. The van der Waals surface area contributed by atoms with Gasteiger partial charge in [-0.25, -0.2) is 4.98 Å². The van der Waals surface area contributed by atoms with Gasteiger partial charge < -0.3 is 15.5 Å². The molecule has 0 aliphatic carbocycles. The molecule has 33 heavy (non-hydrogen) atoms. The Hall–Kier alpha value is -3.03. The molecule has 3 aromatic carbocycles. The summed E-state index contributed by atoms with van der Waals surface area (Å²) in [6.07, 6.45) is 1.70. The maximum Gasteiger partial charge on any atom is 0.138 e.